The SMILES string of the molecule is CCNC(=NCc1ccc(OCC2CC2)nc1)NCc1cccc(F)c1. The summed E-state index contributed by atoms with van der Waals surface area (Å²) in [4.78, 5) is 8.89. The van der Waals surface area contributed by atoms with Crippen molar-refractivity contribution in [2.45, 2.75) is 32.9 Å². The number of hydrogen-bond donors (Lipinski definition) is 2. The molecule has 26 heavy (non-hydrogen) atoms. The molecule has 138 valence electrons. The molecule has 1 aromatic carbocycles. The Bertz CT molecular complexity index is 729. The fourth-order valence-electron chi connectivity index (χ4n) is 2.42. The van der Waals surface area contributed by atoms with Gasteiger partial charge in [0.1, 0.15) is 5.82 Å². The lowest BCUT2D eigenvalue weighted by Crippen LogP contribution is -2.36. The zero-order valence-corrected chi connectivity index (χ0v) is 15.0. The van der Waals surface area contributed by atoms with Gasteiger partial charge in [-0.15, -0.1) is 0 Å². The van der Waals surface area contributed by atoms with Gasteiger partial charge < -0.3 is 15.4 Å². The molecule has 0 saturated heterocycles. The van der Waals surface area contributed by atoms with Crippen LogP contribution in [0.4, 0.5) is 4.39 Å². The summed E-state index contributed by atoms with van der Waals surface area (Å²) < 4.78 is 18.9. The molecule has 0 amide bonds. The first-order valence-electron chi connectivity index (χ1n) is 9.07. The molecule has 1 aliphatic carbocycles. The van der Waals surface area contributed by atoms with Gasteiger partial charge in [0.25, 0.3) is 0 Å². The molecule has 0 aliphatic heterocycles. The second-order valence-corrected chi connectivity index (χ2v) is 6.44. The molecule has 0 radical (unpaired) electrons. The predicted octanol–water partition coefficient (Wildman–Crippen LogP) is 3.26. The highest BCUT2D eigenvalue weighted by molar-refractivity contribution is 5.79. The molecule has 6 heteroatoms. The molecule has 2 aromatic rings. The first-order valence-corrected chi connectivity index (χ1v) is 9.07. The van der Waals surface area contributed by atoms with E-state index in [1.165, 1.54) is 25.0 Å². The first kappa shape index (κ1) is 18.2. The van der Waals surface area contributed by atoms with Crippen LogP contribution < -0.4 is 15.4 Å². The smallest absolute Gasteiger partial charge is 0.213 e. The van der Waals surface area contributed by atoms with E-state index in [1.54, 1.807) is 12.3 Å². The molecule has 0 spiro atoms. The van der Waals surface area contributed by atoms with Crippen LogP contribution in [0.15, 0.2) is 47.6 Å². The monoisotopic (exact) mass is 356 g/mol. The van der Waals surface area contributed by atoms with Crippen molar-refractivity contribution >= 4 is 5.96 Å². The molecule has 5 nitrogen and oxygen atoms in total. The number of hydrogen-bond acceptors (Lipinski definition) is 3. The summed E-state index contributed by atoms with van der Waals surface area (Å²) in [7, 11) is 0. The van der Waals surface area contributed by atoms with Crippen molar-refractivity contribution < 1.29 is 9.13 Å². The summed E-state index contributed by atoms with van der Waals surface area (Å²) in [6.45, 7) is 4.54. The summed E-state index contributed by atoms with van der Waals surface area (Å²) in [6.07, 6.45) is 4.33. The van der Waals surface area contributed by atoms with Crippen LogP contribution in [0, 0.1) is 11.7 Å². The topological polar surface area (TPSA) is 58.5 Å². The minimum absolute atomic E-state index is 0.235. The number of nitrogens with one attached hydrogen (secondary N) is 2. The third kappa shape index (κ3) is 6.02. The van der Waals surface area contributed by atoms with Crippen LogP contribution in [-0.2, 0) is 13.1 Å². The van der Waals surface area contributed by atoms with E-state index in [9.17, 15) is 4.39 Å². The first-order chi connectivity index (χ1) is 12.7. The zero-order valence-electron chi connectivity index (χ0n) is 15.0. The van der Waals surface area contributed by atoms with Gasteiger partial charge in [0.15, 0.2) is 5.96 Å². The third-order valence-corrected chi connectivity index (χ3v) is 4.07. The van der Waals surface area contributed by atoms with Gasteiger partial charge in [-0.25, -0.2) is 14.4 Å². The van der Waals surface area contributed by atoms with Gasteiger partial charge in [-0.1, -0.05) is 18.2 Å². The molecular formula is C20H25FN4O. The number of guanidine groups is 1. The standard InChI is InChI=1S/C20H25FN4O/c1-2-22-20(24-11-16-4-3-5-18(21)10-16)25-13-17-8-9-19(23-12-17)26-14-15-6-7-15/h3-5,8-10,12,15H,2,6-7,11,13-14H2,1H3,(H2,22,24,25). The fourth-order valence-corrected chi connectivity index (χ4v) is 2.42. The number of benzene rings is 1. The molecule has 1 aliphatic rings. The van der Waals surface area contributed by atoms with Crippen LogP contribution in [0.3, 0.4) is 0 Å². The maximum absolute atomic E-state index is 13.3. The van der Waals surface area contributed by atoms with E-state index < -0.39 is 0 Å². The summed E-state index contributed by atoms with van der Waals surface area (Å²) >= 11 is 0. The van der Waals surface area contributed by atoms with Crippen molar-refractivity contribution in [3.8, 4) is 5.88 Å². The third-order valence-electron chi connectivity index (χ3n) is 4.07. The summed E-state index contributed by atoms with van der Waals surface area (Å²) in [5, 5.41) is 6.40. The van der Waals surface area contributed by atoms with E-state index in [2.05, 4.69) is 20.6 Å². The Kier molecular flexibility index (Phi) is 6.41. The normalized spacial score (nSPS) is 14.2. The molecule has 0 bridgehead atoms. The van der Waals surface area contributed by atoms with Gasteiger partial charge in [0.2, 0.25) is 5.88 Å². The van der Waals surface area contributed by atoms with E-state index in [0.29, 0.717) is 30.8 Å². The average molecular weight is 356 g/mol. The maximum Gasteiger partial charge on any atom is 0.213 e. The lowest BCUT2D eigenvalue weighted by atomic mass is 10.2. The number of aromatic nitrogens is 1. The molecule has 1 heterocycles. The number of ether oxygens (including phenoxy) is 1. The van der Waals surface area contributed by atoms with Crippen LogP contribution in [0.1, 0.15) is 30.9 Å². The van der Waals surface area contributed by atoms with Crippen LogP contribution >= 0.6 is 0 Å². The lowest BCUT2D eigenvalue weighted by Gasteiger charge is -2.11. The number of aliphatic imine (C=N–C) groups is 1. The Labute approximate surface area is 153 Å². The van der Waals surface area contributed by atoms with E-state index in [0.717, 1.165) is 24.3 Å². The fraction of sp³-hybridized carbons (Fsp3) is 0.400. The Hall–Kier alpha value is -2.63. The van der Waals surface area contributed by atoms with Gasteiger partial charge in [-0.05, 0) is 48.9 Å². The second-order valence-electron chi connectivity index (χ2n) is 6.44. The summed E-state index contributed by atoms with van der Waals surface area (Å²) in [6, 6.07) is 10.4. The largest absolute Gasteiger partial charge is 0.477 e. The van der Waals surface area contributed by atoms with Crippen molar-refractivity contribution in [3.63, 3.8) is 0 Å². The molecule has 3 rings (SSSR count). The van der Waals surface area contributed by atoms with Crippen LogP contribution in [-0.4, -0.2) is 24.1 Å². The van der Waals surface area contributed by atoms with Crippen LogP contribution in [0.5, 0.6) is 5.88 Å². The maximum atomic E-state index is 13.3. The summed E-state index contributed by atoms with van der Waals surface area (Å²) in [5.41, 5.74) is 1.88. The van der Waals surface area contributed by atoms with Gasteiger partial charge in [0, 0.05) is 25.4 Å². The van der Waals surface area contributed by atoms with Gasteiger partial charge in [-0.2, -0.15) is 0 Å². The molecule has 1 aromatic heterocycles. The Morgan fingerprint density at radius 2 is 2.12 bits per heavy atom. The Morgan fingerprint density at radius 1 is 1.23 bits per heavy atom. The predicted molar refractivity (Wildman–Crippen MR) is 101 cm³/mol. The minimum atomic E-state index is -0.235. The van der Waals surface area contributed by atoms with E-state index >= 15 is 0 Å². The van der Waals surface area contributed by atoms with Gasteiger partial charge >= 0.3 is 0 Å². The van der Waals surface area contributed by atoms with Crippen molar-refractivity contribution in [2.75, 3.05) is 13.2 Å². The van der Waals surface area contributed by atoms with Crippen molar-refractivity contribution in [2.24, 2.45) is 10.9 Å². The van der Waals surface area contributed by atoms with Crippen LogP contribution in [0.25, 0.3) is 0 Å². The lowest BCUT2D eigenvalue weighted by molar-refractivity contribution is 0.288. The number of rotatable bonds is 8. The average Bonchev–Trinajstić information content (AvgIpc) is 3.48. The molecule has 1 fully saturated rings. The quantitative estimate of drug-likeness (QED) is 0.563. The van der Waals surface area contributed by atoms with Crippen LogP contribution in [0.2, 0.25) is 0 Å². The van der Waals surface area contributed by atoms with Crippen molar-refractivity contribution in [1.82, 2.24) is 15.6 Å². The number of nitrogens with zero attached hydrogens (tertiary/aromatic N) is 2. The summed E-state index contributed by atoms with van der Waals surface area (Å²) in [5.74, 6) is 1.83. The highest BCUT2D eigenvalue weighted by Crippen LogP contribution is 2.29. The Morgan fingerprint density at radius 3 is 2.81 bits per heavy atom. The highest BCUT2D eigenvalue weighted by atomic mass is 19.1. The van der Waals surface area contributed by atoms with E-state index in [1.807, 2.05) is 25.1 Å². The zero-order chi connectivity index (χ0) is 18.2. The van der Waals surface area contributed by atoms with E-state index in [-0.39, 0.29) is 5.82 Å². The van der Waals surface area contributed by atoms with E-state index in [4.69, 9.17) is 4.74 Å². The molecule has 2 N–H and O–H groups in total. The van der Waals surface area contributed by atoms with Gasteiger partial charge in [-0.3, -0.25) is 0 Å². The number of pyridine rings is 1. The minimum Gasteiger partial charge on any atom is -0.477 e. The molecular weight excluding hydrogens is 331 g/mol. The van der Waals surface area contributed by atoms with Crippen molar-refractivity contribution in [1.29, 1.82) is 0 Å². The highest BCUT2D eigenvalue weighted by Gasteiger charge is 2.21. The number of halogens is 1. The Balaban J connectivity index is 1.52. The second kappa shape index (κ2) is 9.17. The molecule has 0 unspecified atom stereocenters. The van der Waals surface area contributed by atoms with Crippen molar-refractivity contribution in [3.05, 3.63) is 59.5 Å². The molecule has 0 atom stereocenters. The van der Waals surface area contributed by atoms with Gasteiger partial charge in [0.05, 0.1) is 13.2 Å². The molecule has 1 saturated carbocycles.